The first kappa shape index (κ1) is 18.7. The minimum absolute atomic E-state index is 0.0544. The van der Waals surface area contributed by atoms with Crippen LogP contribution in [0.4, 0.5) is 4.39 Å². The van der Waals surface area contributed by atoms with E-state index in [1.54, 1.807) is 48.5 Å². The van der Waals surface area contributed by atoms with Crippen LogP contribution in [0.2, 0.25) is 0 Å². The third kappa shape index (κ3) is 2.99. The molecule has 0 amide bonds. The van der Waals surface area contributed by atoms with E-state index >= 15 is 0 Å². The Morgan fingerprint density at radius 3 is 2.61 bits per heavy atom. The highest BCUT2D eigenvalue weighted by atomic mass is 32.2. The molecule has 0 radical (unpaired) electrons. The maximum absolute atomic E-state index is 13.6. The van der Waals surface area contributed by atoms with Gasteiger partial charge in [-0.2, -0.15) is 4.31 Å². The first-order valence-electron chi connectivity index (χ1n) is 9.05. The van der Waals surface area contributed by atoms with Crippen LogP contribution in [0.3, 0.4) is 0 Å². The van der Waals surface area contributed by atoms with E-state index in [4.69, 9.17) is 0 Å². The molecule has 1 aliphatic heterocycles. The van der Waals surface area contributed by atoms with Gasteiger partial charge < -0.3 is 5.11 Å². The minimum atomic E-state index is -3.71. The molecule has 1 unspecified atom stereocenters. The summed E-state index contributed by atoms with van der Waals surface area (Å²) in [6.07, 6.45) is 2.57. The van der Waals surface area contributed by atoms with E-state index in [1.807, 2.05) is 0 Å². The molecule has 0 saturated heterocycles. The second-order valence-electron chi connectivity index (χ2n) is 6.87. The van der Waals surface area contributed by atoms with E-state index in [0.29, 0.717) is 24.8 Å². The van der Waals surface area contributed by atoms with Gasteiger partial charge in [0.1, 0.15) is 11.6 Å². The van der Waals surface area contributed by atoms with Crippen LogP contribution in [0.25, 0.3) is 10.8 Å². The highest BCUT2D eigenvalue weighted by Crippen LogP contribution is 2.42. The van der Waals surface area contributed by atoms with Crippen molar-refractivity contribution < 1.29 is 17.9 Å². The summed E-state index contributed by atoms with van der Waals surface area (Å²) in [6, 6.07) is 13.7. The van der Waals surface area contributed by atoms with Crippen LogP contribution in [-0.2, 0) is 16.4 Å². The molecule has 3 aromatic rings. The molecule has 28 heavy (non-hydrogen) atoms. The first-order valence-corrected chi connectivity index (χ1v) is 10.5. The number of phenolic OH excluding ortho intramolecular Hbond substituents is 1. The topological polar surface area (TPSA) is 57.6 Å². The van der Waals surface area contributed by atoms with Crippen molar-refractivity contribution in [1.82, 2.24) is 4.31 Å². The lowest BCUT2D eigenvalue weighted by Crippen LogP contribution is -2.40. The predicted octanol–water partition coefficient (Wildman–Crippen LogP) is 4.55. The molecule has 144 valence electrons. The number of phenols is 1. The molecule has 1 atom stereocenters. The molecule has 1 heterocycles. The molecule has 0 saturated carbocycles. The van der Waals surface area contributed by atoms with Crippen LogP contribution in [-0.4, -0.2) is 24.4 Å². The second-order valence-corrected chi connectivity index (χ2v) is 8.76. The number of hydrogen-bond acceptors (Lipinski definition) is 3. The molecule has 0 bridgehead atoms. The SMILES string of the molecule is C=CCC1c2cc(O)c3cc(F)ccc3c2CCN1S(=O)(=O)c1ccccc1. The fourth-order valence-electron chi connectivity index (χ4n) is 3.99. The summed E-state index contributed by atoms with van der Waals surface area (Å²) in [4.78, 5) is 0.236. The molecular formula is C22H20FNO3S. The normalized spacial score (nSPS) is 17.4. The summed E-state index contributed by atoms with van der Waals surface area (Å²) in [6.45, 7) is 4.09. The zero-order chi connectivity index (χ0) is 19.9. The van der Waals surface area contributed by atoms with Gasteiger partial charge in [-0.3, -0.25) is 0 Å². The molecule has 4 nitrogen and oxygen atoms in total. The van der Waals surface area contributed by atoms with Crippen molar-refractivity contribution in [2.75, 3.05) is 6.54 Å². The Labute approximate surface area is 163 Å². The van der Waals surface area contributed by atoms with Gasteiger partial charge >= 0.3 is 0 Å². The molecule has 3 aromatic carbocycles. The number of nitrogens with zero attached hydrogens (tertiary/aromatic N) is 1. The number of rotatable bonds is 4. The Bertz CT molecular complexity index is 1160. The van der Waals surface area contributed by atoms with E-state index in [9.17, 15) is 17.9 Å². The average molecular weight is 397 g/mol. The third-order valence-corrected chi connectivity index (χ3v) is 7.17. The molecule has 0 spiro atoms. The van der Waals surface area contributed by atoms with Crippen molar-refractivity contribution in [3.8, 4) is 5.75 Å². The van der Waals surface area contributed by atoms with Crippen LogP contribution in [0.15, 0.2) is 72.1 Å². The quantitative estimate of drug-likeness (QED) is 0.657. The van der Waals surface area contributed by atoms with Crippen LogP contribution < -0.4 is 0 Å². The molecular weight excluding hydrogens is 377 g/mol. The Morgan fingerprint density at radius 1 is 1.14 bits per heavy atom. The molecule has 6 heteroatoms. The Kier molecular flexibility index (Phi) is 4.69. The van der Waals surface area contributed by atoms with Gasteiger partial charge in [0.05, 0.1) is 10.9 Å². The molecule has 4 rings (SSSR count). The molecule has 0 fully saturated rings. The lowest BCUT2D eigenvalue weighted by Gasteiger charge is -2.36. The van der Waals surface area contributed by atoms with Crippen LogP contribution in [0.5, 0.6) is 5.75 Å². The lowest BCUT2D eigenvalue weighted by molar-refractivity contribution is 0.309. The van der Waals surface area contributed by atoms with Gasteiger partial charge in [0.25, 0.3) is 0 Å². The minimum Gasteiger partial charge on any atom is -0.507 e. The van der Waals surface area contributed by atoms with Crippen molar-refractivity contribution in [2.24, 2.45) is 0 Å². The first-order chi connectivity index (χ1) is 13.4. The molecule has 1 aliphatic rings. The van der Waals surface area contributed by atoms with Crippen molar-refractivity contribution in [2.45, 2.75) is 23.8 Å². The zero-order valence-corrected chi connectivity index (χ0v) is 16.0. The maximum Gasteiger partial charge on any atom is 0.243 e. The Hall–Kier alpha value is -2.70. The maximum atomic E-state index is 13.6. The lowest BCUT2D eigenvalue weighted by atomic mass is 9.88. The molecule has 1 N–H and O–H groups in total. The monoisotopic (exact) mass is 397 g/mol. The molecule has 0 aliphatic carbocycles. The smallest absolute Gasteiger partial charge is 0.243 e. The highest BCUT2D eigenvalue weighted by Gasteiger charge is 2.36. The third-order valence-electron chi connectivity index (χ3n) is 5.25. The van der Waals surface area contributed by atoms with Crippen LogP contribution in [0.1, 0.15) is 23.6 Å². The standard InChI is InChI=1S/C22H20FNO3S/c1-2-6-21-19-14-22(25)20-13-15(23)9-10-17(20)18(19)11-12-24(21)28(26,27)16-7-4-3-5-8-16/h2-5,7-10,13-14,21,25H,1,6,11-12H2. The van der Waals surface area contributed by atoms with E-state index in [0.717, 1.165) is 16.5 Å². The number of aromatic hydroxyl groups is 1. The largest absolute Gasteiger partial charge is 0.507 e. The Balaban J connectivity index is 1.89. The van der Waals surface area contributed by atoms with Gasteiger partial charge in [-0.25, -0.2) is 12.8 Å². The summed E-state index contributed by atoms with van der Waals surface area (Å²) in [5, 5.41) is 11.7. The summed E-state index contributed by atoms with van der Waals surface area (Å²) in [5.41, 5.74) is 1.68. The van der Waals surface area contributed by atoms with Gasteiger partial charge in [-0.05, 0) is 59.7 Å². The van der Waals surface area contributed by atoms with Crippen molar-refractivity contribution in [3.05, 3.63) is 84.2 Å². The number of benzene rings is 3. The number of sulfonamides is 1. The van der Waals surface area contributed by atoms with E-state index in [2.05, 4.69) is 6.58 Å². The van der Waals surface area contributed by atoms with E-state index in [1.165, 1.54) is 16.4 Å². The Morgan fingerprint density at radius 2 is 1.89 bits per heavy atom. The van der Waals surface area contributed by atoms with Crippen molar-refractivity contribution in [1.29, 1.82) is 0 Å². The summed E-state index contributed by atoms with van der Waals surface area (Å²) in [5.74, 6) is -0.476. The number of hydrogen-bond donors (Lipinski definition) is 1. The highest BCUT2D eigenvalue weighted by molar-refractivity contribution is 7.89. The van der Waals surface area contributed by atoms with Gasteiger partial charge in [0.2, 0.25) is 10.0 Å². The van der Waals surface area contributed by atoms with Gasteiger partial charge in [-0.15, -0.1) is 6.58 Å². The fourth-order valence-corrected chi connectivity index (χ4v) is 5.62. The second kappa shape index (κ2) is 7.04. The average Bonchev–Trinajstić information content (AvgIpc) is 2.69. The van der Waals surface area contributed by atoms with Crippen LogP contribution in [0, 0.1) is 5.82 Å². The summed E-state index contributed by atoms with van der Waals surface area (Å²) < 4.78 is 41.6. The van der Waals surface area contributed by atoms with E-state index in [-0.39, 0.29) is 10.6 Å². The van der Waals surface area contributed by atoms with Gasteiger partial charge in [0.15, 0.2) is 0 Å². The number of fused-ring (bicyclic) bond motifs is 3. The summed E-state index contributed by atoms with van der Waals surface area (Å²) in [7, 11) is -3.71. The van der Waals surface area contributed by atoms with Gasteiger partial charge in [-0.1, -0.05) is 30.3 Å². The predicted molar refractivity (Wildman–Crippen MR) is 107 cm³/mol. The van der Waals surface area contributed by atoms with Crippen LogP contribution >= 0.6 is 0 Å². The van der Waals surface area contributed by atoms with E-state index < -0.39 is 21.9 Å². The van der Waals surface area contributed by atoms with Crippen molar-refractivity contribution in [3.63, 3.8) is 0 Å². The molecule has 0 aromatic heterocycles. The summed E-state index contributed by atoms with van der Waals surface area (Å²) >= 11 is 0. The zero-order valence-electron chi connectivity index (χ0n) is 15.2. The fraction of sp³-hybridized carbons (Fsp3) is 0.182. The number of halogens is 1. The van der Waals surface area contributed by atoms with Crippen molar-refractivity contribution >= 4 is 20.8 Å². The van der Waals surface area contributed by atoms with Gasteiger partial charge in [0, 0.05) is 11.9 Å².